The number of rotatable bonds is 6. The molecule has 28 heavy (non-hydrogen) atoms. The number of fused-ring (bicyclic) bond motifs is 1. The molecule has 4 aromatic rings. The Morgan fingerprint density at radius 1 is 0.964 bits per heavy atom. The Kier molecular flexibility index (Phi) is 5.41. The summed E-state index contributed by atoms with van der Waals surface area (Å²) < 4.78 is 1.70. The molecule has 0 radical (unpaired) electrons. The lowest BCUT2D eigenvalue weighted by molar-refractivity contribution is 0.669. The summed E-state index contributed by atoms with van der Waals surface area (Å²) >= 11 is 12.6. The van der Waals surface area contributed by atoms with E-state index in [1.807, 2.05) is 42.5 Å². The van der Waals surface area contributed by atoms with Crippen molar-refractivity contribution in [1.82, 2.24) is 25.2 Å². The number of hydrogen-bond acceptors (Lipinski definition) is 5. The van der Waals surface area contributed by atoms with E-state index in [9.17, 15) is 0 Å². The molecule has 0 spiro atoms. The van der Waals surface area contributed by atoms with Gasteiger partial charge in [-0.2, -0.15) is 0 Å². The summed E-state index contributed by atoms with van der Waals surface area (Å²) in [5, 5.41) is 21.1. The average Bonchev–Trinajstić information content (AvgIpc) is 3.11. The third kappa shape index (κ3) is 3.93. The van der Waals surface area contributed by atoms with Gasteiger partial charge in [0.1, 0.15) is 5.52 Å². The van der Waals surface area contributed by atoms with Crippen LogP contribution in [-0.4, -0.2) is 31.2 Å². The molecule has 1 N–H and O–H groups in total. The monoisotopic (exact) mass is 412 g/mol. The molecule has 6 nitrogen and oxygen atoms in total. The molecular weight excluding hydrogens is 395 g/mol. The first-order valence-electron chi connectivity index (χ1n) is 8.91. The normalized spacial score (nSPS) is 12.2. The van der Waals surface area contributed by atoms with Crippen LogP contribution in [0.5, 0.6) is 0 Å². The van der Waals surface area contributed by atoms with Crippen molar-refractivity contribution in [3.8, 4) is 0 Å². The van der Waals surface area contributed by atoms with E-state index in [1.54, 1.807) is 4.68 Å². The zero-order valence-corrected chi connectivity index (χ0v) is 16.7. The highest BCUT2D eigenvalue weighted by Gasteiger charge is 2.18. The minimum absolute atomic E-state index is 0.134. The molecule has 2 aromatic heterocycles. The molecule has 0 fully saturated rings. The summed E-state index contributed by atoms with van der Waals surface area (Å²) in [7, 11) is 0. The van der Waals surface area contributed by atoms with Crippen LogP contribution in [0, 0.1) is 0 Å². The highest BCUT2D eigenvalue weighted by molar-refractivity contribution is 6.34. The van der Waals surface area contributed by atoms with Crippen LogP contribution in [0.25, 0.3) is 11.0 Å². The molecule has 2 aromatic carbocycles. The molecule has 142 valence electrons. The molecule has 0 saturated heterocycles. The van der Waals surface area contributed by atoms with Gasteiger partial charge in [0.05, 0.1) is 6.54 Å². The summed E-state index contributed by atoms with van der Waals surface area (Å²) in [6, 6.07) is 18.0. The SMILES string of the molecule is C[C@H](Cc1ccccc1)Nc1nnc(Cl)c2c1nnn2Cc1ccccc1Cl. The first kappa shape index (κ1) is 18.7. The largest absolute Gasteiger partial charge is 0.364 e. The van der Waals surface area contributed by atoms with Crippen LogP contribution in [0.2, 0.25) is 10.2 Å². The Morgan fingerprint density at radius 2 is 1.71 bits per heavy atom. The zero-order valence-electron chi connectivity index (χ0n) is 15.2. The maximum Gasteiger partial charge on any atom is 0.179 e. The quantitative estimate of drug-likeness (QED) is 0.500. The number of hydrogen-bond donors (Lipinski definition) is 1. The molecule has 0 unspecified atom stereocenters. The van der Waals surface area contributed by atoms with Crippen LogP contribution >= 0.6 is 23.2 Å². The first-order valence-corrected chi connectivity index (χ1v) is 9.66. The van der Waals surface area contributed by atoms with Crippen LogP contribution in [0.3, 0.4) is 0 Å². The van der Waals surface area contributed by atoms with Crippen LogP contribution in [0.1, 0.15) is 18.1 Å². The minimum Gasteiger partial charge on any atom is -0.364 e. The molecule has 0 bridgehead atoms. The lowest BCUT2D eigenvalue weighted by Crippen LogP contribution is -2.19. The predicted molar refractivity (Wildman–Crippen MR) is 112 cm³/mol. The summed E-state index contributed by atoms with van der Waals surface area (Å²) in [5.41, 5.74) is 3.39. The van der Waals surface area contributed by atoms with E-state index in [0.717, 1.165) is 12.0 Å². The van der Waals surface area contributed by atoms with E-state index in [-0.39, 0.29) is 11.2 Å². The number of halogens is 2. The molecule has 0 saturated carbocycles. The molecule has 2 heterocycles. The van der Waals surface area contributed by atoms with Gasteiger partial charge in [0.25, 0.3) is 0 Å². The van der Waals surface area contributed by atoms with E-state index in [1.165, 1.54) is 5.56 Å². The number of aromatic nitrogens is 5. The fraction of sp³-hybridized carbons (Fsp3) is 0.200. The van der Waals surface area contributed by atoms with Crippen molar-refractivity contribution in [1.29, 1.82) is 0 Å². The van der Waals surface area contributed by atoms with Crippen molar-refractivity contribution in [3.05, 3.63) is 75.9 Å². The van der Waals surface area contributed by atoms with E-state index in [0.29, 0.717) is 28.4 Å². The maximum atomic E-state index is 6.31. The van der Waals surface area contributed by atoms with Crippen LogP contribution in [0.15, 0.2) is 54.6 Å². The maximum absolute atomic E-state index is 6.31. The highest BCUT2D eigenvalue weighted by Crippen LogP contribution is 2.26. The predicted octanol–water partition coefficient (Wildman–Crippen LogP) is 4.62. The van der Waals surface area contributed by atoms with Gasteiger partial charge < -0.3 is 5.32 Å². The van der Waals surface area contributed by atoms with Gasteiger partial charge in [-0.3, -0.25) is 0 Å². The Hall–Kier alpha value is -2.70. The smallest absolute Gasteiger partial charge is 0.179 e. The lowest BCUT2D eigenvalue weighted by Gasteiger charge is -2.14. The highest BCUT2D eigenvalue weighted by atomic mass is 35.5. The molecule has 1 atom stereocenters. The molecular formula is C20H18Cl2N6. The van der Waals surface area contributed by atoms with E-state index in [2.05, 4.69) is 44.9 Å². The summed E-state index contributed by atoms with van der Waals surface area (Å²) in [6.07, 6.45) is 0.848. The number of anilines is 1. The number of nitrogens with zero attached hydrogens (tertiary/aromatic N) is 5. The van der Waals surface area contributed by atoms with Gasteiger partial charge in [0, 0.05) is 11.1 Å². The number of nitrogens with one attached hydrogen (secondary N) is 1. The van der Waals surface area contributed by atoms with Crippen molar-refractivity contribution >= 4 is 40.1 Å². The average molecular weight is 413 g/mol. The van der Waals surface area contributed by atoms with Crippen LogP contribution < -0.4 is 5.32 Å². The van der Waals surface area contributed by atoms with E-state index < -0.39 is 0 Å². The van der Waals surface area contributed by atoms with Crippen molar-refractivity contribution in [2.45, 2.75) is 25.9 Å². The van der Waals surface area contributed by atoms with E-state index in [4.69, 9.17) is 23.2 Å². The Bertz CT molecular complexity index is 1100. The summed E-state index contributed by atoms with van der Waals surface area (Å²) in [4.78, 5) is 0. The summed E-state index contributed by atoms with van der Waals surface area (Å²) in [6.45, 7) is 2.53. The fourth-order valence-corrected chi connectivity index (χ4v) is 3.53. The van der Waals surface area contributed by atoms with Crippen LogP contribution in [-0.2, 0) is 13.0 Å². The van der Waals surface area contributed by atoms with Crippen LogP contribution in [0.4, 0.5) is 5.82 Å². The minimum atomic E-state index is 0.134. The second-order valence-electron chi connectivity index (χ2n) is 6.61. The molecule has 0 amide bonds. The molecule has 0 aliphatic rings. The first-order chi connectivity index (χ1) is 13.6. The third-order valence-corrected chi connectivity index (χ3v) is 5.06. The fourth-order valence-electron chi connectivity index (χ4n) is 3.11. The van der Waals surface area contributed by atoms with E-state index >= 15 is 0 Å². The zero-order chi connectivity index (χ0) is 19.5. The summed E-state index contributed by atoms with van der Waals surface area (Å²) in [5.74, 6) is 0.563. The Balaban J connectivity index is 1.61. The second kappa shape index (κ2) is 8.12. The molecule has 0 aliphatic heterocycles. The van der Waals surface area contributed by atoms with Gasteiger partial charge in [-0.05, 0) is 30.5 Å². The standard InChI is InChI=1S/C20H18Cl2N6/c1-13(11-14-7-3-2-4-8-14)23-20-17-18(19(22)25-26-20)28(27-24-17)12-15-9-5-6-10-16(15)21/h2-10,13H,11-12H2,1H3,(H,23,26)/t13-/m1/s1. The van der Waals surface area contributed by atoms with Gasteiger partial charge in [-0.15, -0.1) is 15.3 Å². The Labute approximate surface area is 172 Å². The van der Waals surface area contributed by atoms with Crippen molar-refractivity contribution in [2.75, 3.05) is 5.32 Å². The van der Waals surface area contributed by atoms with Gasteiger partial charge in [0.15, 0.2) is 16.5 Å². The van der Waals surface area contributed by atoms with Gasteiger partial charge >= 0.3 is 0 Å². The van der Waals surface area contributed by atoms with Crippen molar-refractivity contribution in [2.24, 2.45) is 0 Å². The molecule has 4 rings (SSSR count). The number of benzene rings is 2. The molecule has 0 aliphatic carbocycles. The third-order valence-electron chi connectivity index (χ3n) is 4.44. The van der Waals surface area contributed by atoms with Gasteiger partial charge in [-0.25, -0.2) is 4.68 Å². The lowest BCUT2D eigenvalue weighted by atomic mass is 10.1. The molecule has 8 heteroatoms. The Morgan fingerprint density at radius 3 is 2.50 bits per heavy atom. The van der Waals surface area contributed by atoms with Gasteiger partial charge in [0.2, 0.25) is 0 Å². The topological polar surface area (TPSA) is 68.5 Å². The van der Waals surface area contributed by atoms with Gasteiger partial charge in [-0.1, -0.05) is 76.9 Å². The van der Waals surface area contributed by atoms with Crippen molar-refractivity contribution < 1.29 is 0 Å². The van der Waals surface area contributed by atoms with Crippen molar-refractivity contribution in [3.63, 3.8) is 0 Å². The second-order valence-corrected chi connectivity index (χ2v) is 7.38.